The van der Waals surface area contributed by atoms with Crippen molar-refractivity contribution in [3.63, 3.8) is 0 Å². The third kappa shape index (κ3) is 6.02. The maximum absolute atomic E-state index is 11.8. The van der Waals surface area contributed by atoms with E-state index in [0.29, 0.717) is 5.57 Å². The van der Waals surface area contributed by atoms with Crippen molar-refractivity contribution < 1.29 is 14.3 Å². The van der Waals surface area contributed by atoms with Crippen LogP contribution in [0.3, 0.4) is 0 Å². The van der Waals surface area contributed by atoms with Crippen molar-refractivity contribution in [3.8, 4) is 23.7 Å². The Labute approximate surface area is 137 Å². The van der Waals surface area contributed by atoms with Gasteiger partial charge in [-0.1, -0.05) is 54.0 Å². The van der Waals surface area contributed by atoms with E-state index >= 15 is 0 Å². The van der Waals surface area contributed by atoms with Gasteiger partial charge in [-0.2, -0.15) is 0 Å². The molecule has 1 aromatic carbocycles. The summed E-state index contributed by atoms with van der Waals surface area (Å²) < 4.78 is 10.3. The van der Waals surface area contributed by atoms with Crippen LogP contribution in [0, 0.1) is 23.7 Å². The summed E-state index contributed by atoms with van der Waals surface area (Å²) in [6.07, 6.45) is 4.94. The van der Waals surface area contributed by atoms with Crippen LogP contribution < -0.4 is 0 Å². The van der Waals surface area contributed by atoms with E-state index in [4.69, 9.17) is 9.47 Å². The maximum Gasteiger partial charge on any atom is 0.333 e. The number of rotatable bonds is 4. The molecule has 1 aliphatic rings. The standard InChI is InChI=1S/C20H20O3/c1-22-16-20(21)23-19-14-10-5-3-2-4-9-13-18(19)15-17-11-7-6-8-12-17/h6-8,11-12,15,19H,2-5,16H2,1H3/b18-15+/t19-/m0/s1. The maximum atomic E-state index is 11.8. The van der Waals surface area contributed by atoms with Gasteiger partial charge in [0, 0.05) is 20.0 Å². The molecule has 0 unspecified atom stereocenters. The van der Waals surface area contributed by atoms with Crippen LogP contribution in [0.15, 0.2) is 35.9 Å². The fourth-order valence-electron chi connectivity index (χ4n) is 2.12. The average molecular weight is 308 g/mol. The van der Waals surface area contributed by atoms with Crippen molar-refractivity contribution in [2.24, 2.45) is 0 Å². The highest BCUT2D eigenvalue weighted by Crippen LogP contribution is 2.14. The normalized spacial score (nSPS) is 19.0. The van der Waals surface area contributed by atoms with E-state index in [1.54, 1.807) is 0 Å². The van der Waals surface area contributed by atoms with Gasteiger partial charge in [-0.25, -0.2) is 4.79 Å². The number of hydrogen-bond donors (Lipinski definition) is 0. The van der Waals surface area contributed by atoms with E-state index in [-0.39, 0.29) is 6.61 Å². The molecule has 3 nitrogen and oxygen atoms in total. The zero-order valence-electron chi connectivity index (χ0n) is 13.3. The second kappa shape index (κ2) is 9.51. The zero-order chi connectivity index (χ0) is 16.3. The minimum Gasteiger partial charge on any atom is -0.442 e. The van der Waals surface area contributed by atoms with Crippen LogP contribution in [0.25, 0.3) is 6.08 Å². The van der Waals surface area contributed by atoms with Gasteiger partial charge in [0.15, 0.2) is 6.10 Å². The van der Waals surface area contributed by atoms with E-state index in [2.05, 4.69) is 23.7 Å². The van der Waals surface area contributed by atoms with Gasteiger partial charge in [-0.15, -0.1) is 0 Å². The van der Waals surface area contributed by atoms with Gasteiger partial charge >= 0.3 is 5.97 Å². The van der Waals surface area contributed by atoms with Gasteiger partial charge in [0.05, 0.1) is 5.57 Å². The second-order valence-corrected chi connectivity index (χ2v) is 5.14. The van der Waals surface area contributed by atoms with Crippen LogP contribution in [-0.4, -0.2) is 25.8 Å². The van der Waals surface area contributed by atoms with E-state index in [1.807, 2.05) is 36.4 Å². The molecule has 0 amide bonds. The summed E-state index contributed by atoms with van der Waals surface area (Å²) in [5.74, 6) is 12.0. The predicted octanol–water partition coefficient (Wildman–Crippen LogP) is 3.21. The topological polar surface area (TPSA) is 35.5 Å². The highest BCUT2D eigenvalue weighted by Gasteiger charge is 2.16. The summed E-state index contributed by atoms with van der Waals surface area (Å²) in [5.41, 5.74) is 1.71. The molecule has 0 bridgehead atoms. The van der Waals surface area contributed by atoms with Crippen LogP contribution in [0.1, 0.15) is 31.2 Å². The quantitative estimate of drug-likeness (QED) is 0.633. The molecule has 0 aliphatic heterocycles. The molecule has 0 saturated heterocycles. The van der Waals surface area contributed by atoms with Crippen LogP contribution in [0.4, 0.5) is 0 Å². The number of esters is 1. The summed E-state index contributed by atoms with van der Waals surface area (Å²) >= 11 is 0. The van der Waals surface area contributed by atoms with Crippen molar-refractivity contribution >= 4 is 12.0 Å². The van der Waals surface area contributed by atoms with Crippen molar-refractivity contribution in [2.45, 2.75) is 31.8 Å². The predicted molar refractivity (Wildman–Crippen MR) is 90.2 cm³/mol. The lowest BCUT2D eigenvalue weighted by atomic mass is 10.0. The van der Waals surface area contributed by atoms with Crippen molar-refractivity contribution in [1.82, 2.24) is 0 Å². The highest BCUT2D eigenvalue weighted by molar-refractivity contribution is 5.72. The lowest BCUT2D eigenvalue weighted by molar-refractivity contribution is -0.149. The van der Waals surface area contributed by atoms with Crippen LogP contribution in [0.2, 0.25) is 0 Å². The highest BCUT2D eigenvalue weighted by atomic mass is 16.6. The van der Waals surface area contributed by atoms with Gasteiger partial charge in [0.2, 0.25) is 0 Å². The van der Waals surface area contributed by atoms with Crippen LogP contribution >= 0.6 is 0 Å². The lowest BCUT2D eigenvalue weighted by Gasteiger charge is -2.13. The third-order valence-corrected chi connectivity index (χ3v) is 3.24. The number of carbonyl (C=O) groups is 1. The zero-order valence-corrected chi connectivity index (χ0v) is 13.3. The Kier molecular flexibility index (Phi) is 6.98. The molecule has 0 aromatic heterocycles. The number of ether oxygens (including phenoxy) is 2. The first-order valence-electron chi connectivity index (χ1n) is 7.72. The first-order chi connectivity index (χ1) is 11.3. The Balaban J connectivity index is 2.31. The summed E-state index contributed by atoms with van der Waals surface area (Å²) in [6, 6.07) is 9.83. The Morgan fingerprint density at radius 1 is 1.22 bits per heavy atom. The van der Waals surface area contributed by atoms with E-state index in [9.17, 15) is 4.79 Å². The Bertz CT molecular complexity index is 666. The fourth-order valence-corrected chi connectivity index (χ4v) is 2.12. The Morgan fingerprint density at radius 3 is 2.70 bits per heavy atom. The van der Waals surface area contributed by atoms with Crippen LogP contribution in [0.5, 0.6) is 0 Å². The SMILES string of the molecule is COCC(=O)O[C@H]1C#CCCCCC#C/C1=C\c1ccccc1. The van der Waals surface area contributed by atoms with E-state index < -0.39 is 12.1 Å². The number of hydrogen-bond acceptors (Lipinski definition) is 3. The summed E-state index contributed by atoms with van der Waals surface area (Å²) in [7, 11) is 1.46. The number of carbonyl (C=O) groups excluding carboxylic acids is 1. The van der Waals surface area contributed by atoms with Crippen LogP contribution in [-0.2, 0) is 14.3 Å². The molecule has 0 N–H and O–H groups in total. The van der Waals surface area contributed by atoms with Gasteiger partial charge in [-0.05, 0) is 24.5 Å². The molecule has 0 heterocycles. The molecule has 23 heavy (non-hydrogen) atoms. The molecular weight excluding hydrogens is 288 g/mol. The first kappa shape index (κ1) is 16.9. The molecular formula is C20H20O3. The van der Waals surface area contributed by atoms with E-state index in [0.717, 1.165) is 31.2 Å². The molecule has 0 spiro atoms. The Hall–Kier alpha value is -2.49. The van der Waals surface area contributed by atoms with Crippen molar-refractivity contribution in [1.29, 1.82) is 0 Å². The van der Waals surface area contributed by atoms with Crippen molar-refractivity contribution in [3.05, 3.63) is 41.5 Å². The number of benzene rings is 1. The minimum atomic E-state index is -0.650. The molecule has 3 heteroatoms. The van der Waals surface area contributed by atoms with Crippen molar-refractivity contribution in [2.75, 3.05) is 13.7 Å². The molecule has 0 radical (unpaired) electrons. The average Bonchev–Trinajstić information content (AvgIpc) is 2.56. The van der Waals surface area contributed by atoms with Gasteiger partial charge in [-0.3, -0.25) is 0 Å². The molecule has 1 aliphatic carbocycles. The van der Waals surface area contributed by atoms with E-state index in [1.165, 1.54) is 7.11 Å². The summed E-state index contributed by atoms with van der Waals surface area (Å²) in [4.78, 5) is 11.8. The van der Waals surface area contributed by atoms with Gasteiger partial charge < -0.3 is 9.47 Å². The molecule has 0 saturated carbocycles. The molecule has 2 rings (SSSR count). The minimum absolute atomic E-state index is 0.0930. The van der Waals surface area contributed by atoms with Gasteiger partial charge in [0.25, 0.3) is 0 Å². The third-order valence-electron chi connectivity index (χ3n) is 3.24. The smallest absolute Gasteiger partial charge is 0.333 e. The molecule has 1 atom stereocenters. The lowest BCUT2D eigenvalue weighted by Crippen LogP contribution is -2.21. The molecule has 1 aromatic rings. The van der Waals surface area contributed by atoms with Gasteiger partial charge in [0.1, 0.15) is 6.61 Å². The largest absolute Gasteiger partial charge is 0.442 e. The fraction of sp³-hybridized carbons (Fsp3) is 0.350. The first-order valence-corrected chi connectivity index (χ1v) is 7.72. The number of methoxy groups -OCH3 is 1. The Morgan fingerprint density at radius 2 is 1.96 bits per heavy atom. The summed E-state index contributed by atoms with van der Waals surface area (Å²) in [5, 5.41) is 0. The summed E-state index contributed by atoms with van der Waals surface area (Å²) in [6.45, 7) is -0.0930. The monoisotopic (exact) mass is 308 g/mol. The molecule has 118 valence electrons. The molecule has 0 fully saturated rings. The second-order valence-electron chi connectivity index (χ2n) is 5.14.